The minimum Gasteiger partial charge on any atom is -0.467 e. The fraction of sp³-hybridized carbons (Fsp3) is 0.524. The first-order valence-electron chi connectivity index (χ1n) is 9.65. The van der Waals surface area contributed by atoms with Crippen molar-refractivity contribution in [1.29, 1.82) is 0 Å². The van der Waals surface area contributed by atoms with Crippen molar-refractivity contribution in [3.05, 3.63) is 35.9 Å². The van der Waals surface area contributed by atoms with Crippen LogP contribution >= 0.6 is 0 Å². The third-order valence-electron chi connectivity index (χ3n) is 4.34. The number of carbonyl (C=O) groups excluding carboxylic acids is 4. The number of ether oxygens (including phenoxy) is 2. The number of methoxy groups -OCH3 is 1. The second-order valence-corrected chi connectivity index (χ2v) is 6.94. The Labute approximate surface area is 171 Å². The van der Waals surface area contributed by atoms with E-state index in [0.717, 1.165) is 5.56 Å². The van der Waals surface area contributed by atoms with Crippen LogP contribution in [0.1, 0.15) is 45.6 Å². The number of amides is 2. The van der Waals surface area contributed by atoms with Crippen LogP contribution in [0.5, 0.6) is 0 Å². The molecule has 1 aromatic rings. The van der Waals surface area contributed by atoms with E-state index in [1.807, 2.05) is 30.3 Å². The predicted molar refractivity (Wildman–Crippen MR) is 107 cm³/mol. The normalized spacial score (nSPS) is 12.6. The van der Waals surface area contributed by atoms with E-state index < -0.39 is 30.1 Å². The van der Waals surface area contributed by atoms with Crippen molar-refractivity contribution in [2.45, 2.75) is 58.7 Å². The van der Waals surface area contributed by atoms with Gasteiger partial charge in [-0.15, -0.1) is 0 Å². The highest BCUT2D eigenvalue weighted by Gasteiger charge is 2.29. The van der Waals surface area contributed by atoms with E-state index in [9.17, 15) is 19.2 Å². The zero-order valence-electron chi connectivity index (χ0n) is 17.4. The Morgan fingerprint density at radius 2 is 1.69 bits per heavy atom. The Kier molecular flexibility index (Phi) is 10.4. The summed E-state index contributed by atoms with van der Waals surface area (Å²) >= 11 is 0. The van der Waals surface area contributed by atoms with Crippen molar-refractivity contribution in [3.8, 4) is 0 Å². The van der Waals surface area contributed by atoms with Gasteiger partial charge in [-0.2, -0.15) is 0 Å². The molecular weight excluding hydrogens is 376 g/mol. The van der Waals surface area contributed by atoms with E-state index in [1.165, 1.54) is 7.11 Å². The Hall–Kier alpha value is -2.90. The van der Waals surface area contributed by atoms with E-state index in [0.29, 0.717) is 6.42 Å². The number of ketones is 1. The maximum Gasteiger partial charge on any atom is 0.408 e. The van der Waals surface area contributed by atoms with Gasteiger partial charge in [0.15, 0.2) is 0 Å². The van der Waals surface area contributed by atoms with Gasteiger partial charge in [-0.05, 0) is 17.9 Å². The lowest BCUT2D eigenvalue weighted by atomic mass is 10.0. The van der Waals surface area contributed by atoms with Crippen molar-refractivity contribution in [3.63, 3.8) is 0 Å². The van der Waals surface area contributed by atoms with Crippen LogP contribution in [0.4, 0.5) is 4.79 Å². The van der Waals surface area contributed by atoms with Crippen LogP contribution in [-0.4, -0.2) is 42.9 Å². The summed E-state index contributed by atoms with van der Waals surface area (Å²) in [5, 5.41) is 5.10. The molecule has 0 aliphatic heterocycles. The number of benzene rings is 1. The summed E-state index contributed by atoms with van der Waals surface area (Å²) in [5.74, 6) is -1.46. The summed E-state index contributed by atoms with van der Waals surface area (Å²) in [5.41, 5.74) is 0.819. The SMILES string of the molecule is CCC(=O)CC[C@H](NC(=O)[C@@H](NC(=O)OCc1ccccc1)C(C)C)C(=O)OC. The summed E-state index contributed by atoms with van der Waals surface area (Å²) in [4.78, 5) is 48.3. The summed E-state index contributed by atoms with van der Waals surface area (Å²) in [6.07, 6.45) is -0.104. The van der Waals surface area contributed by atoms with Crippen LogP contribution < -0.4 is 10.6 Å². The van der Waals surface area contributed by atoms with Gasteiger partial charge in [-0.3, -0.25) is 9.59 Å². The molecule has 0 spiro atoms. The number of rotatable bonds is 11. The van der Waals surface area contributed by atoms with Crippen molar-refractivity contribution >= 4 is 23.8 Å². The minimum atomic E-state index is -0.966. The second-order valence-electron chi connectivity index (χ2n) is 6.94. The first-order valence-corrected chi connectivity index (χ1v) is 9.65. The first-order chi connectivity index (χ1) is 13.8. The summed E-state index contributed by atoms with van der Waals surface area (Å²) < 4.78 is 9.87. The molecule has 1 aromatic carbocycles. The molecule has 0 aliphatic carbocycles. The smallest absolute Gasteiger partial charge is 0.408 e. The Bertz CT molecular complexity index is 690. The van der Waals surface area contributed by atoms with E-state index in [4.69, 9.17) is 9.47 Å². The monoisotopic (exact) mass is 406 g/mol. The zero-order valence-corrected chi connectivity index (χ0v) is 17.4. The molecule has 2 atom stereocenters. The molecule has 2 amide bonds. The minimum absolute atomic E-state index is 0.0174. The molecule has 0 radical (unpaired) electrons. The van der Waals surface area contributed by atoms with Crippen LogP contribution in [-0.2, 0) is 30.5 Å². The molecule has 8 nitrogen and oxygen atoms in total. The van der Waals surface area contributed by atoms with Crippen LogP contribution in [0.15, 0.2) is 30.3 Å². The zero-order chi connectivity index (χ0) is 21.8. The maximum atomic E-state index is 12.7. The molecular formula is C21H30N2O6. The molecule has 29 heavy (non-hydrogen) atoms. The highest BCUT2D eigenvalue weighted by Crippen LogP contribution is 2.08. The molecule has 0 heterocycles. The second kappa shape index (κ2) is 12.5. The van der Waals surface area contributed by atoms with Gasteiger partial charge >= 0.3 is 12.1 Å². The molecule has 8 heteroatoms. The third-order valence-corrected chi connectivity index (χ3v) is 4.34. The molecule has 0 unspecified atom stereocenters. The van der Waals surface area contributed by atoms with E-state index in [2.05, 4.69) is 10.6 Å². The Morgan fingerprint density at radius 3 is 2.24 bits per heavy atom. The van der Waals surface area contributed by atoms with Gasteiger partial charge in [-0.1, -0.05) is 51.1 Å². The number of hydrogen-bond acceptors (Lipinski definition) is 6. The van der Waals surface area contributed by atoms with Gasteiger partial charge in [0.1, 0.15) is 24.5 Å². The first kappa shape index (κ1) is 24.1. The molecule has 0 saturated carbocycles. The Morgan fingerprint density at radius 1 is 1.03 bits per heavy atom. The number of esters is 1. The van der Waals surface area contributed by atoms with Crippen molar-refractivity contribution < 1.29 is 28.7 Å². The number of carbonyl (C=O) groups is 4. The maximum absolute atomic E-state index is 12.7. The molecule has 0 aliphatic rings. The molecule has 1 rings (SSSR count). The lowest BCUT2D eigenvalue weighted by Crippen LogP contribution is -2.54. The van der Waals surface area contributed by atoms with Crippen molar-refractivity contribution in [2.75, 3.05) is 7.11 Å². The number of hydrogen-bond donors (Lipinski definition) is 2. The molecule has 0 aromatic heterocycles. The fourth-order valence-electron chi connectivity index (χ4n) is 2.56. The molecule has 2 N–H and O–H groups in total. The number of alkyl carbamates (subject to hydrolysis) is 1. The summed E-state index contributed by atoms with van der Waals surface area (Å²) in [6.45, 7) is 5.32. The summed E-state index contributed by atoms with van der Waals surface area (Å²) in [7, 11) is 1.21. The standard InChI is InChI=1S/C21H30N2O6/c1-5-16(24)11-12-17(20(26)28-4)22-19(25)18(14(2)3)23-21(27)29-13-15-9-7-6-8-10-15/h6-10,14,17-18H,5,11-13H2,1-4H3,(H,22,25)(H,23,27)/t17-,18-/m0/s1. The quantitative estimate of drug-likeness (QED) is 0.546. The highest BCUT2D eigenvalue weighted by atomic mass is 16.5. The van der Waals surface area contributed by atoms with E-state index in [-0.39, 0.29) is 31.1 Å². The average molecular weight is 406 g/mol. The Balaban J connectivity index is 2.69. The van der Waals surface area contributed by atoms with Gasteiger partial charge in [-0.25, -0.2) is 9.59 Å². The molecule has 0 fully saturated rings. The highest BCUT2D eigenvalue weighted by molar-refractivity contribution is 5.90. The van der Waals surface area contributed by atoms with Crippen LogP contribution in [0.25, 0.3) is 0 Å². The van der Waals surface area contributed by atoms with Gasteiger partial charge in [0.05, 0.1) is 7.11 Å². The molecule has 160 valence electrons. The van der Waals surface area contributed by atoms with Crippen molar-refractivity contribution in [1.82, 2.24) is 10.6 Å². The van der Waals surface area contributed by atoms with Gasteiger partial charge in [0.2, 0.25) is 5.91 Å². The number of Topliss-reactive ketones (excluding diaryl/α,β-unsaturated/α-hetero) is 1. The largest absolute Gasteiger partial charge is 0.467 e. The lowest BCUT2D eigenvalue weighted by molar-refractivity contribution is -0.145. The van der Waals surface area contributed by atoms with Gasteiger partial charge in [0, 0.05) is 12.8 Å². The topological polar surface area (TPSA) is 111 Å². The molecule has 0 saturated heterocycles. The van der Waals surface area contributed by atoms with E-state index in [1.54, 1.807) is 20.8 Å². The van der Waals surface area contributed by atoms with Crippen LogP contribution in [0.2, 0.25) is 0 Å². The van der Waals surface area contributed by atoms with Crippen molar-refractivity contribution in [2.24, 2.45) is 5.92 Å². The fourth-order valence-corrected chi connectivity index (χ4v) is 2.56. The molecule has 0 bridgehead atoms. The van der Waals surface area contributed by atoms with Gasteiger partial charge < -0.3 is 20.1 Å². The number of nitrogens with one attached hydrogen (secondary N) is 2. The average Bonchev–Trinajstić information content (AvgIpc) is 2.72. The van der Waals surface area contributed by atoms with Crippen LogP contribution in [0.3, 0.4) is 0 Å². The summed E-state index contributed by atoms with van der Waals surface area (Å²) in [6, 6.07) is 7.28. The van der Waals surface area contributed by atoms with E-state index >= 15 is 0 Å². The lowest BCUT2D eigenvalue weighted by Gasteiger charge is -2.24. The third kappa shape index (κ3) is 8.76. The predicted octanol–water partition coefficient (Wildman–Crippen LogP) is 2.35. The van der Waals surface area contributed by atoms with Gasteiger partial charge in [0.25, 0.3) is 0 Å². The van der Waals surface area contributed by atoms with Crippen LogP contribution in [0, 0.1) is 5.92 Å².